The summed E-state index contributed by atoms with van der Waals surface area (Å²) < 4.78 is 39.0. The first kappa shape index (κ1) is 22.8. The largest absolute Gasteiger partial charge is 0.417 e. The summed E-state index contributed by atoms with van der Waals surface area (Å²) in [5.74, 6) is 0.209. The Kier molecular flexibility index (Phi) is 5.66. The van der Waals surface area contributed by atoms with Crippen LogP contribution in [0.1, 0.15) is 45.0 Å². The third-order valence-electron chi connectivity index (χ3n) is 6.44. The van der Waals surface area contributed by atoms with Gasteiger partial charge in [0.1, 0.15) is 5.82 Å². The number of carbonyl (C=O) groups excluding carboxylic acids is 1. The second-order valence-corrected chi connectivity index (χ2v) is 8.79. The molecule has 3 heterocycles. The van der Waals surface area contributed by atoms with Gasteiger partial charge >= 0.3 is 6.18 Å². The molecule has 0 radical (unpaired) electrons. The van der Waals surface area contributed by atoms with Gasteiger partial charge < -0.3 is 15.6 Å². The fraction of sp³-hybridized carbons (Fsp3) is 0.280. The number of pyridine rings is 2. The lowest BCUT2D eigenvalue weighted by Crippen LogP contribution is -2.43. The van der Waals surface area contributed by atoms with E-state index in [4.69, 9.17) is 5.73 Å². The van der Waals surface area contributed by atoms with Gasteiger partial charge in [0.25, 0.3) is 5.91 Å². The van der Waals surface area contributed by atoms with Crippen molar-refractivity contribution in [2.24, 2.45) is 0 Å². The highest BCUT2D eigenvalue weighted by Crippen LogP contribution is 2.30. The van der Waals surface area contributed by atoms with Crippen LogP contribution in [0, 0.1) is 6.92 Å². The Morgan fingerprint density at radius 1 is 1.20 bits per heavy atom. The van der Waals surface area contributed by atoms with Crippen molar-refractivity contribution in [3.63, 3.8) is 0 Å². The summed E-state index contributed by atoms with van der Waals surface area (Å²) in [7, 11) is 0. The van der Waals surface area contributed by atoms with Gasteiger partial charge in [-0.25, -0.2) is 9.97 Å². The molecule has 1 atom stereocenters. The number of aryl methyl sites for hydroxylation is 2. The first-order valence-electron chi connectivity index (χ1n) is 11.2. The van der Waals surface area contributed by atoms with Crippen molar-refractivity contribution in [1.29, 1.82) is 0 Å². The number of fused-ring (bicyclic) bond motifs is 2. The molecule has 1 aromatic carbocycles. The Morgan fingerprint density at radius 2 is 2.03 bits per heavy atom. The molecule has 35 heavy (non-hydrogen) atoms. The maximum atomic E-state index is 13.8. The Bertz CT molecular complexity index is 1400. The van der Waals surface area contributed by atoms with Crippen LogP contribution < -0.4 is 5.73 Å². The topological polar surface area (TPSA) is 101 Å². The summed E-state index contributed by atoms with van der Waals surface area (Å²) >= 11 is 0. The molecule has 5 rings (SSSR count). The van der Waals surface area contributed by atoms with E-state index < -0.39 is 11.7 Å². The molecule has 7 nitrogen and oxygen atoms in total. The highest BCUT2D eigenvalue weighted by atomic mass is 19.4. The van der Waals surface area contributed by atoms with E-state index in [0.29, 0.717) is 41.9 Å². The number of nitrogens with two attached hydrogens (primary N) is 1. The summed E-state index contributed by atoms with van der Waals surface area (Å²) in [6.45, 7) is 1.94. The van der Waals surface area contributed by atoms with Gasteiger partial charge in [0.15, 0.2) is 0 Å². The number of hydrogen-bond acceptors (Lipinski definition) is 5. The van der Waals surface area contributed by atoms with E-state index >= 15 is 0 Å². The number of nitrogens with one attached hydrogen (secondary N) is 1. The fourth-order valence-corrected chi connectivity index (χ4v) is 4.47. The SMILES string of the molecule is Cc1cc2cc(C(=O)N(Cc3ccc(C(F)(F)F)cn3)C3CCc4nc[nH]c4C3)ccc2nc1N. The summed E-state index contributed by atoms with van der Waals surface area (Å²) in [6.07, 6.45) is -0.0564. The zero-order valence-corrected chi connectivity index (χ0v) is 18.9. The number of nitrogen functional groups attached to an aromatic ring is 1. The van der Waals surface area contributed by atoms with Crippen LogP contribution in [0.3, 0.4) is 0 Å². The molecule has 4 aromatic rings. The minimum Gasteiger partial charge on any atom is -0.383 e. The minimum atomic E-state index is -4.47. The first-order chi connectivity index (χ1) is 16.7. The van der Waals surface area contributed by atoms with Crippen molar-refractivity contribution < 1.29 is 18.0 Å². The third-order valence-corrected chi connectivity index (χ3v) is 6.44. The number of carbonyl (C=O) groups is 1. The smallest absolute Gasteiger partial charge is 0.383 e. The average Bonchev–Trinajstić information content (AvgIpc) is 3.30. The predicted octanol–water partition coefficient (Wildman–Crippen LogP) is 4.46. The number of benzene rings is 1. The minimum absolute atomic E-state index is 0.0855. The van der Waals surface area contributed by atoms with Gasteiger partial charge in [-0.05, 0) is 61.7 Å². The van der Waals surface area contributed by atoms with Gasteiger partial charge in [-0.2, -0.15) is 13.2 Å². The molecule has 3 aromatic heterocycles. The maximum Gasteiger partial charge on any atom is 0.417 e. The molecule has 1 aliphatic carbocycles. The number of alkyl halides is 3. The molecule has 1 aliphatic rings. The second kappa shape index (κ2) is 8.68. The lowest BCUT2D eigenvalue weighted by atomic mass is 9.93. The number of H-pyrrole nitrogens is 1. The molecule has 1 unspecified atom stereocenters. The van der Waals surface area contributed by atoms with Crippen LogP contribution >= 0.6 is 0 Å². The fourth-order valence-electron chi connectivity index (χ4n) is 4.47. The van der Waals surface area contributed by atoms with Crippen LogP contribution in [0.5, 0.6) is 0 Å². The van der Waals surface area contributed by atoms with Crippen LogP contribution in [0.2, 0.25) is 0 Å². The molecule has 0 saturated heterocycles. The van der Waals surface area contributed by atoms with E-state index in [1.807, 2.05) is 13.0 Å². The number of imidazole rings is 1. The van der Waals surface area contributed by atoms with E-state index in [-0.39, 0.29) is 18.5 Å². The summed E-state index contributed by atoms with van der Waals surface area (Å²) in [5.41, 5.74) is 9.37. The molecular formula is C25H23F3N6O. The number of amides is 1. The third kappa shape index (κ3) is 4.55. The normalized spacial score (nSPS) is 15.7. The number of hydrogen-bond donors (Lipinski definition) is 2. The van der Waals surface area contributed by atoms with E-state index in [2.05, 4.69) is 19.9 Å². The van der Waals surface area contributed by atoms with Crippen LogP contribution in [0.4, 0.5) is 19.0 Å². The Morgan fingerprint density at radius 3 is 2.77 bits per heavy atom. The zero-order chi connectivity index (χ0) is 24.7. The quantitative estimate of drug-likeness (QED) is 0.449. The summed E-state index contributed by atoms with van der Waals surface area (Å²) in [6, 6.07) is 9.26. The predicted molar refractivity (Wildman–Crippen MR) is 124 cm³/mol. The van der Waals surface area contributed by atoms with Crippen LogP contribution in [0.25, 0.3) is 10.9 Å². The molecular weight excluding hydrogens is 457 g/mol. The molecule has 0 aliphatic heterocycles. The average molecular weight is 480 g/mol. The standard InChI is InChI=1S/C25H23F3N6O/c1-14-8-16-9-15(2-6-20(16)33-23(14)29)24(35)34(19-5-7-21-22(10-19)32-13-31-21)12-18-4-3-17(11-30-18)25(26,27)28/h2-4,6,8-9,11,13,19H,5,7,10,12H2,1H3,(H2,29,33)(H,31,32). The second-order valence-electron chi connectivity index (χ2n) is 8.79. The number of aromatic nitrogens is 4. The van der Waals surface area contributed by atoms with E-state index in [9.17, 15) is 18.0 Å². The Balaban J connectivity index is 1.48. The van der Waals surface area contributed by atoms with E-state index in [0.717, 1.165) is 34.6 Å². The van der Waals surface area contributed by atoms with Gasteiger partial charge in [0.2, 0.25) is 0 Å². The lowest BCUT2D eigenvalue weighted by Gasteiger charge is -2.34. The molecule has 0 fully saturated rings. The maximum absolute atomic E-state index is 13.8. The summed E-state index contributed by atoms with van der Waals surface area (Å²) in [5, 5.41) is 0.787. The molecule has 3 N–H and O–H groups in total. The highest BCUT2D eigenvalue weighted by Gasteiger charge is 2.32. The number of nitrogens with zero attached hydrogens (tertiary/aromatic N) is 4. The van der Waals surface area contributed by atoms with Crippen molar-refractivity contribution in [2.45, 2.75) is 44.9 Å². The number of aromatic amines is 1. The van der Waals surface area contributed by atoms with Crippen molar-refractivity contribution in [3.05, 3.63) is 82.7 Å². The molecule has 10 heteroatoms. The van der Waals surface area contributed by atoms with Gasteiger partial charge in [0.05, 0.1) is 35.3 Å². The van der Waals surface area contributed by atoms with E-state index in [1.54, 1.807) is 29.4 Å². The van der Waals surface area contributed by atoms with Crippen molar-refractivity contribution in [2.75, 3.05) is 5.73 Å². The van der Waals surface area contributed by atoms with Crippen molar-refractivity contribution in [1.82, 2.24) is 24.8 Å². The van der Waals surface area contributed by atoms with Crippen LogP contribution in [-0.2, 0) is 25.6 Å². The molecule has 1 amide bonds. The van der Waals surface area contributed by atoms with Crippen LogP contribution in [0.15, 0.2) is 48.9 Å². The Labute approximate surface area is 199 Å². The van der Waals surface area contributed by atoms with E-state index in [1.165, 1.54) is 6.07 Å². The van der Waals surface area contributed by atoms with Crippen LogP contribution in [-0.4, -0.2) is 36.8 Å². The van der Waals surface area contributed by atoms with Crippen molar-refractivity contribution in [3.8, 4) is 0 Å². The van der Waals surface area contributed by atoms with Gasteiger partial charge in [-0.1, -0.05) is 0 Å². The van der Waals surface area contributed by atoms with Gasteiger partial charge in [0, 0.05) is 35.3 Å². The van der Waals surface area contributed by atoms with Crippen molar-refractivity contribution >= 4 is 22.6 Å². The van der Waals surface area contributed by atoms with Gasteiger partial charge in [-0.3, -0.25) is 9.78 Å². The molecule has 0 bridgehead atoms. The highest BCUT2D eigenvalue weighted by molar-refractivity contribution is 5.98. The lowest BCUT2D eigenvalue weighted by molar-refractivity contribution is -0.137. The first-order valence-corrected chi connectivity index (χ1v) is 11.2. The zero-order valence-electron chi connectivity index (χ0n) is 18.9. The molecule has 180 valence electrons. The summed E-state index contributed by atoms with van der Waals surface area (Å²) in [4.78, 5) is 31.3. The number of halogens is 3. The molecule has 0 spiro atoms. The Hall–Kier alpha value is -3.95. The van der Waals surface area contributed by atoms with Gasteiger partial charge in [-0.15, -0.1) is 0 Å². The number of rotatable bonds is 4. The monoisotopic (exact) mass is 480 g/mol. The number of anilines is 1. The molecule has 0 saturated carbocycles.